The number of hydrogen-bond acceptors (Lipinski definition) is 7. The van der Waals surface area contributed by atoms with Crippen LogP contribution in [0, 0.1) is 5.92 Å². The fourth-order valence-electron chi connectivity index (χ4n) is 3.76. The molecule has 0 fully saturated rings. The Labute approximate surface area is 200 Å². The molecule has 0 spiro atoms. The summed E-state index contributed by atoms with van der Waals surface area (Å²) in [6, 6.07) is 9.09. The summed E-state index contributed by atoms with van der Waals surface area (Å²) in [7, 11) is 6.50. The van der Waals surface area contributed by atoms with Crippen molar-refractivity contribution in [3.05, 3.63) is 42.0 Å². The lowest BCUT2D eigenvalue weighted by Gasteiger charge is -2.19. The zero-order chi connectivity index (χ0) is 24.8. The lowest BCUT2D eigenvalue weighted by atomic mass is 10.1. The van der Waals surface area contributed by atoms with Crippen LogP contribution < -0.4 is 25.3 Å². The number of nitrogens with zero attached hydrogens (tertiary/aromatic N) is 3. The molecule has 1 aromatic heterocycles. The molecule has 182 valence electrons. The maximum absolute atomic E-state index is 13.0. The van der Waals surface area contributed by atoms with Gasteiger partial charge in [0, 0.05) is 49.7 Å². The van der Waals surface area contributed by atoms with E-state index in [1.807, 2.05) is 36.0 Å². The topological polar surface area (TPSA) is 104 Å². The van der Waals surface area contributed by atoms with E-state index in [0.717, 1.165) is 11.0 Å². The molecule has 1 heterocycles. The summed E-state index contributed by atoms with van der Waals surface area (Å²) < 4.78 is 18.2. The summed E-state index contributed by atoms with van der Waals surface area (Å²) in [4.78, 5) is 19.4. The summed E-state index contributed by atoms with van der Waals surface area (Å²) in [5.74, 6) is 2.43. The van der Waals surface area contributed by atoms with Crippen molar-refractivity contribution in [3.63, 3.8) is 0 Å². The summed E-state index contributed by atoms with van der Waals surface area (Å²) in [5.41, 5.74) is 8.52. The van der Waals surface area contributed by atoms with E-state index in [1.54, 1.807) is 44.4 Å². The number of carbonyl (C=O) groups excluding carboxylic acids is 1. The smallest absolute Gasteiger partial charge is 0.253 e. The zero-order valence-corrected chi connectivity index (χ0v) is 20.6. The number of amides is 1. The van der Waals surface area contributed by atoms with Crippen LogP contribution >= 0.6 is 0 Å². The normalized spacial score (nSPS) is 11.3. The number of nitrogens with two attached hydrogens (primary N) is 1. The van der Waals surface area contributed by atoms with E-state index >= 15 is 0 Å². The van der Waals surface area contributed by atoms with Crippen molar-refractivity contribution in [1.82, 2.24) is 14.5 Å². The number of carbonyl (C=O) groups is 1. The molecule has 0 aliphatic rings. The highest BCUT2D eigenvalue weighted by atomic mass is 16.5. The third kappa shape index (κ3) is 5.26. The van der Waals surface area contributed by atoms with Crippen molar-refractivity contribution in [2.45, 2.75) is 13.8 Å². The molecule has 0 atom stereocenters. The average molecular weight is 468 g/mol. The highest BCUT2D eigenvalue weighted by Gasteiger charge is 2.18. The summed E-state index contributed by atoms with van der Waals surface area (Å²) in [6.45, 7) is 5.21. The first-order valence-corrected chi connectivity index (χ1v) is 11.0. The molecule has 0 bridgehead atoms. The molecular weight excluding hydrogens is 434 g/mol. The maximum atomic E-state index is 13.0. The number of hydrogen-bond donors (Lipinski definition) is 2. The van der Waals surface area contributed by atoms with Crippen molar-refractivity contribution in [2.75, 3.05) is 46.8 Å². The van der Waals surface area contributed by atoms with Crippen LogP contribution in [0.15, 0.2) is 36.4 Å². The minimum absolute atomic E-state index is 0.0368. The molecule has 3 rings (SSSR count). The van der Waals surface area contributed by atoms with Crippen molar-refractivity contribution < 1.29 is 19.0 Å². The number of anilines is 2. The maximum Gasteiger partial charge on any atom is 0.253 e. The number of aromatic nitrogens is 2. The molecule has 9 nitrogen and oxygen atoms in total. The Kier molecular flexibility index (Phi) is 8.01. The van der Waals surface area contributed by atoms with Crippen molar-refractivity contribution in [1.29, 1.82) is 0 Å². The van der Waals surface area contributed by atoms with Crippen LogP contribution in [0.2, 0.25) is 0 Å². The standard InChI is InChI=1S/C25H33N5O4/c1-16(2)15-29(3)24(31)17-8-9-19-20(12-17)30(11-7-10-26)25(28-19)27-18-13-21(32-4)23(34-6)22(14-18)33-5/h7-9,11-14,16H,10,15,26H2,1-6H3,(H,27,28)/b11-7+. The van der Waals surface area contributed by atoms with Crippen molar-refractivity contribution in [2.24, 2.45) is 11.7 Å². The lowest BCUT2D eigenvalue weighted by Crippen LogP contribution is -2.30. The molecule has 34 heavy (non-hydrogen) atoms. The predicted molar refractivity (Wildman–Crippen MR) is 135 cm³/mol. The van der Waals surface area contributed by atoms with E-state index in [-0.39, 0.29) is 5.91 Å². The second-order valence-electron chi connectivity index (χ2n) is 8.25. The first-order chi connectivity index (χ1) is 16.3. The van der Waals surface area contributed by atoms with Gasteiger partial charge in [-0.15, -0.1) is 0 Å². The first-order valence-electron chi connectivity index (χ1n) is 11.0. The number of nitrogens with one attached hydrogen (secondary N) is 1. The van der Waals surface area contributed by atoms with Gasteiger partial charge in [0.15, 0.2) is 11.5 Å². The highest BCUT2D eigenvalue weighted by molar-refractivity contribution is 5.98. The zero-order valence-electron chi connectivity index (χ0n) is 20.6. The van der Waals surface area contributed by atoms with Crippen LogP contribution in [0.5, 0.6) is 17.2 Å². The van der Waals surface area contributed by atoms with Crippen LogP contribution in [0.25, 0.3) is 17.2 Å². The van der Waals surface area contributed by atoms with E-state index in [2.05, 4.69) is 19.2 Å². The van der Waals surface area contributed by atoms with Crippen LogP contribution in [0.1, 0.15) is 24.2 Å². The molecule has 0 aliphatic heterocycles. The monoisotopic (exact) mass is 467 g/mol. The van der Waals surface area contributed by atoms with Gasteiger partial charge in [0.25, 0.3) is 5.91 Å². The number of ether oxygens (including phenoxy) is 3. The van der Waals surface area contributed by atoms with E-state index < -0.39 is 0 Å². The van der Waals surface area contributed by atoms with Gasteiger partial charge in [-0.2, -0.15) is 0 Å². The Morgan fingerprint density at radius 1 is 1.15 bits per heavy atom. The number of methoxy groups -OCH3 is 3. The second-order valence-corrected chi connectivity index (χ2v) is 8.25. The van der Waals surface area contributed by atoms with Gasteiger partial charge in [-0.3, -0.25) is 9.36 Å². The van der Waals surface area contributed by atoms with Gasteiger partial charge in [-0.25, -0.2) is 4.98 Å². The SMILES string of the molecule is COc1cc(Nc2nc3ccc(C(=O)N(C)CC(C)C)cc3n2/C=C/CN)cc(OC)c1OC. The number of rotatable bonds is 10. The van der Waals surface area contributed by atoms with Gasteiger partial charge in [0.05, 0.1) is 32.4 Å². The Balaban J connectivity index is 2.06. The fourth-order valence-corrected chi connectivity index (χ4v) is 3.76. The molecule has 0 aliphatic carbocycles. The van der Waals surface area contributed by atoms with Crippen LogP contribution in [-0.4, -0.2) is 61.8 Å². The van der Waals surface area contributed by atoms with E-state index in [9.17, 15) is 4.79 Å². The molecule has 0 unspecified atom stereocenters. The molecular formula is C25H33N5O4. The quantitative estimate of drug-likeness (QED) is 0.465. The van der Waals surface area contributed by atoms with Crippen LogP contribution in [0.4, 0.5) is 11.6 Å². The van der Waals surface area contributed by atoms with Gasteiger partial charge < -0.3 is 30.2 Å². The molecule has 0 saturated heterocycles. The highest BCUT2D eigenvalue weighted by Crippen LogP contribution is 2.40. The number of fused-ring (bicyclic) bond motifs is 1. The van der Waals surface area contributed by atoms with Crippen LogP contribution in [0.3, 0.4) is 0 Å². The Hall–Kier alpha value is -3.72. The Morgan fingerprint density at radius 2 is 1.82 bits per heavy atom. The van der Waals surface area contributed by atoms with Gasteiger partial charge in [0.2, 0.25) is 11.7 Å². The molecule has 2 aromatic carbocycles. The van der Waals surface area contributed by atoms with E-state index in [0.29, 0.717) is 53.5 Å². The van der Waals surface area contributed by atoms with Gasteiger partial charge in [0.1, 0.15) is 0 Å². The largest absolute Gasteiger partial charge is 0.493 e. The third-order valence-electron chi connectivity index (χ3n) is 5.23. The predicted octanol–water partition coefficient (Wildman–Crippen LogP) is 3.96. The molecule has 3 N–H and O–H groups in total. The van der Waals surface area contributed by atoms with Crippen molar-refractivity contribution in [3.8, 4) is 17.2 Å². The number of imidazole rings is 1. The lowest BCUT2D eigenvalue weighted by molar-refractivity contribution is 0.0779. The van der Waals surface area contributed by atoms with E-state index in [4.69, 9.17) is 24.9 Å². The van der Waals surface area contributed by atoms with Crippen LogP contribution in [-0.2, 0) is 0 Å². The minimum atomic E-state index is -0.0368. The minimum Gasteiger partial charge on any atom is -0.493 e. The Bertz CT molecular complexity index is 1160. The van der Waals surface area contributed by atoms with E-state index in [1.165, 1.54) is 0 Å². The van der Waals surface area contributed by atoms with Gasteiger partial charge in [-0.1, -0.05) is 19.9 Å². The third-order valence-corrected chi connectivity index (χ3v) is 5.23. The Morgan fingerprint density at radius 3 is 2.38 bits per heavy atom. The van der Waals surface area contributed by atoms with Gasteiger partial charge >= 0.3 is 0 Å². The summed E-state index contributed by atoms with van der Waals surface area (Å²) in [5, 5.41) is 3.32. The molecule has 0 saturated carbocycles. The number of benzene rings is 2. The fraction of sp³-hybridized carbons (Fsp3) is 0.360. The summed E-state index contributed by atoms with van der Waals surface area (Å²) >= 11 is 0. The second kappa shape index (κ2) is 10.9. The molecule has 9 heteroatoms. The molecule has 0 radical (unpaired) electrons. The van der Waals surface area contributed by atoms with Gasteiger partial charge in [-0.05, 0) is 24.1 Å². The molecule has 3 aromatic rings. The summed E-state index contributed by atoms with van der Waals surface area (Å²) in [6.07, 6.45) is 3.66. The average Bonchev–Trinajstić information content (AvgIpc) is 3.16. The molecule has 1 amide bonds. The first kappa shape index (κ1) is 24.9. The van der Waals surface area contributed by atoms with Crippen molar-refractivity contribution >= 4 is 34.8 Å².